The molecule has 0 spiro atoms. The molecule has 0 aliphatic rings. The van der Waals surface area contributed by atoms with Crippen LogP contribution in [0.3, 0.4) is 0 Å². The van der Waals surface area contributed by atoms with Crippen molar-refractivity contribution in [2.45, 2.75) is 13.3 Å². The molecule has 0 aliphatic carbocycles. The Morgan fingerprint density at radius 3 is 3.12 bits per heavy atom. The van der Waals surface area contributed by atoms with E-state index in [0.29, 0.717) is 0 Å². The molecule has 0 aromatic carbocycles. The van der Waals surface area contributed by atoms with Crippen LogP contribution in [-0.4, -0.2) is 27.5 Å². The van der Waals surface area contributed by atoms with Crippen LogP contribution in [-0.2, 0) is 9.53 Å². The van der Waals surface area contributed by atoms with Crippen molar-refractivity contribution in [3.63, 3.8) is 0 Å². The van der Waals surface area contributed by atoms with Gasteiger partial charge in [-0.2, -0.15) is 4.98 Å². The third kappa shape index (κ3) is 3.09. The smallest absolute Gasteiger partial charge is 0.356 e. The van der Waals surface area contributed by atoms with Crippen molar-refractivity contribution >= 4 is 11.8 Å². The summed E-state index contributed by atoms with van der Waals surface area (Å²) in [7, 11) is 0. The first-order valence-electron chi connectivity index (χ1n) is 4.47. The number of aromatic amines is 1. The topological polar surface area (TPSA) is 98.1 Å². The number of nitrogens with one attached hydrogen (secondary N) is 1. The number of aromatic nitrogens is 2. The lowest BCUT2D eigenvalue weighted by atomic mass is 10.3. The van der Waals surface area contributed by atoms with Crippen molar-refractivity contribution < 1.29 is 14.5 Å². The highest BCUT2D eigenvalue weighted by Gasteiger charge is 2.12. The van der Waals surface area contributed by atoms with Gasteiger partial charge >= 0.3 is 11.8 Å². The van der Waals surface area contributed by atoms with Crippen molar-refractivity contribution in [1.29, 1.82) is 0 Å². The van der Waals surface area contributed by atoms with E-state index >= 15 is 0 Å². The Hall–Kier alpha value is -2.36. The van der Waals surface area contributed by atoms with Gasteiger partial charge in [-0.15, -0.1) is 0 Å². The molecule has 1 aromatic rings. The highest BCUT2D eigenvalue weighted by Crippen LogP contribution is 2.09. The summed E-state index contributed by atoms with van der Waals surface area (Å²) in [6.45, 7) is 1.97. The molecule has 1 N–H and O–H groups in total. The Bertz CT molecular complexity index is 455. The van der Waals surface area contributed by atoms with Gasteiger partial charge in [0.2, 0.25) is 5.69 Å². The highest BCUT2D eigenvalue weighted by molar-refractivity contribution is 5.72. The second kappa shape index (κ2) is 5.50. The van der Waals surface area contributed by atoms with Crippen LogP contribution in [0.5, 0.6) is 0 Å². The van der Waals surface area contributed by atoms with Crippen LogP contribution < -0.4 is 0 Å². The summed E-state index contributed by atoms with van der Waals surface area (Å²) in [4.78, 5) is 26.7. The van der Waals surface area contributed by atoms with Crippen LogP contribution in [0.4, 0.5) is 5.82 Å². The summed E-state index contributed by atoms with van der Waals surface area (Å²) in [5, 5.41) is 10.5. The largest absolute Gasteiger partial charge is 0.465 e. The minimum absolute atomic E-state index is 0.00861. The minimum Gasteiger partial charge on any atom is -0.465 e. The molecule has 0 amide bonds. The molecule has 7 nitrogen and oxygen atoms in total. The second-order valence-electron chi connectivity index (χ2n) is 2.64. The molecule has 0 unspecified atom stereocenters. The molecule has 16 heavy (non-hydrogen) atoms. The Kier molecular flexibility index (Phi) is 4.03. The molecule has 7 heteroatoms. The molecule has 84 valence electrons. The summed E-state index contributed by atoms with van der Waals surface area (Å²) in [6, 6.07) is 0. The predicted molar refractivity (Wildman–Crippen MR) is 53.4 cm³/mol. The van der Waals surface area contributed by atoms with Crippen molar-refractivity contribution in [2.75, 3.05) is 6.61 Å². The Balaban J connectivity index is 2.66. The molecule has 1 rings (SSSR count). The van der Waals surface area contributed by atoms with Crippen LogP contribution in [0.1, 0.15) is 19.0 Å². The van der Waals surface area contributed by atoms with E-state index in [0.717, 1.165) is 0 Å². The van der Waals surface area contributed by atoms with Gasteiger partial charge in [-0.05, 0) is 17.8 Å². The van der Waals surface area contributed by atoms with E-state index < -0.39 is 10.9 Å². The van der Waals surface area contributed by atoms with E-state index in [1.54, 1.807) is 6.92 Å². The zero-order chi connectivity index (χ0) is 12.0. The third-order valence-electron chi connectivity index (χ3n) is 1.55. The fourth-order valence-corrected chi connectivity index (χ4v) is 0.930. The summed E-state index contributed by atoms with van der Waals surface area (Å²) >= 11 is 0. The fraction of sp³-hybridized carbons (Fsp3) is 0.333. The van der Waals surface area contributed by atoms with Crippen LogP contribution in [0.2, 0.25) is 0 Å². The lowest BCUT2D eigenvalue weighted by Crippen LogP contribution is -2.01. The first kappa shape index (κ1) is 11.7. The number of imidazole rings is 1. The van der Waals surface area contributed by atoms with Gasteiger partial charge < -0.3 is 14.9 Å². The van der Waals surface area contributed by atoms with Crippen LogP contribution >= 0.6 is 0 Å². The van der Waals surface area contributed by atoms with Gasteiger partial charge in [0.25, 0.3) is 0 Å². The molecule has 0 fully saturated rings. The number of nitro groups is 1. The number of ether oxygens (including phenoxy) is 1. The molecule has 0 saturated carbocycles. The van der Waals surface area contributed by atoms with Crippen LogP contribution in [0, 0.1) is 22.0 Å². The van der Waals surface area contributed by atoms with Crippen molar-refractivity contribution in [3.8, 4) is 11.8 Å². The molecule has 0 radical (unpaired) electrons. The maximum atomic E-state index is 10.9. The molecule has 1 heterocycles. The standard InChI is InChI=1S/C9H9N3O4/c1-2-16-8(13)5-3-4-7-9(12(14)15)11-6-10-7/h6H,2,5H2,1H3,(H,10,11). The average molecular weight is 223 g/mol. The van der Waals surface area contributed by atoms with Gasteiger partial charge in [0.05, 0.1) is 6.61 Å². The molecule has 1 aromatic heterocycles. The van der Waals surface area contributed by atoms with Gasteiger partial charge in [0.15, 0.2) is 6.33 Å². The van der Waals surface area contributed by atoms with E-state index in [-0.39, 0.29) is 24.5 Å². The SMILES string of the molecule is CCOC(=O)CC#Cc1nc[nH]c1[N+](=O)[O-]. The molecular formula is C9H9N3O4. The second-order valence-corrected chi connectivity index (χ2v) is 2.64. The summed E-state index contributed by atoms with van der Waals surface area (Å²) < 4.78 is 4.64. The molecule has 0 saturated heterocycles. The normalized spacial score (nSPS) is 9.06. The van der Waals surface area contributed by atoms with E-state index in [2.05, 4.69) is 26.5 Å². The van der Waals surface area contributed by atoms with E-state index in [1.807, 2.05) is 0 Å². The number of hydrogen-bond donors (Lipinski definition) is 1. The van der Waals surface area contributed by atoms with Gasteiger partial charge in [0.1, 0.15) is 6.42 Å². The predicted octanol–water partition coefficient (Wildman–Crippen LogP) is 0.623. The van der Waals surface area contributed by atoms with Crippen molar-refractivity contribution in [1.82, 2.24) is 9.97 Å². The first-order valence-corrected chi connectivity index (χ1v) is 4.47. The van der Waals surface area contributed by atoms with Crippen molar-refractivity contribution in [2.24, 2.45) is 0 Å². The van der Waals surface area contributed by atoms with E-state index in [1.165, 1.54) is 6.33 Å². The highest BCUT2D eigenvalue weighted by atomic mass is 16.6. The van der Waals surface area contributed by atoms with Gasteiger partial charge in [-0.25, -0.2) is 4.98 Å². The number of nitrogens with zero attached hydrogens (tertiary/aromatic N) is 2. The lowest BCUT2D eigenvalue weighted by molar-refractivity contribution is -0.389. The Morgan fingerprint density at radius 2 is 2.50 bits per heavy atom. The Morgan fingerprint density at radius 1 is 1.75 bits per heavy atom. The lowest BCUT2D eigenvalue weighted by Gasteiger charge is -1.94. The molecular weight excluding hydrogens is 214 g/mol. The van der Waals surface area contributed by atoms with E-state index in [9.17, 15) is 14.9 Å². The Labute approximate surface area is 91.0 Å². The quantitative estimate of drug-likeness (QED) is 0.350. The van der Waals surface area contributed by atoms with Crippen LogP contribution in [0.25, 0.3) is 0 Å². The summed E-state index contributed by atoms with van der Waals surface area (Å²) in [5.41, 5.74) is 0.00861. The first-order chi connectivity index (χ1) is 7.65. The maximum Gasteiger partial charge on any atom is 0.356 e. The van der Waals surface area contributed by atoms with E-state index in [4.69, 9.17) is 0 Å². The zero-order valence-corrected chi connectivity index (χ0v) is 8.52. The monoisotopic (exact) mass is 223 g/mol. The molecule has 0 aliphatic heterocycles. The van der Waals surface area contributed by atoms with Gasteiger partial charge in [-0.1, -0.05) is 5.92 Å². The number of H-pyrrole nitrogens is 1. The number of rotatable bonds is 3. The number of carbonyl (C=O) groups excluding carboxylic acids is 1. The number of esters is 1. The number of carbonyl (C=O) groups is 1. The average Bonchev–Trinajstić information content (AvgIpc) is 2.66. The van der Waals surface area contributed by atoms with Gasteiger partial charge in [0, 0.05) is 0 Å². The molecule has 0 bridgehead atoms. The maximum absolute atomic E-state index is 10.9. The summed E-state index contributed by atoms with van der Waals surface area (Å²) in [5.74, 6) is 4.14. The minimum atomic E-state index is -0.624. The zero-order valence-electron chi connectivity index (χ0n) is 8.52. The molecule has 0 atom stereocenters. The van der Waals surface area contributed by atoms with Crippen molar-refractivity contribution in [3.05, 3.63) is 22.1 Å². The van der Waals surface area contributed by atoms with Gasteiger partial charge in [-0.3, -0.25) is 4.79 Å². The van der Waals surface area contributed by atoms with Crippen LogP contribution in [0.15, 0.2) is 6.33 Å². The third-order valence-corrected chi connectivity index (χ3v) is 1.55. The summed E-state index contributed by atoms with van der Waals surface area (Å²) in [6.07, 6.45) is 1.06. The number of hydrogen-bond acceptors (Lipinski definition) is 5. The fourth-order valence-electron chi connectivity index (χ4n) is 0.930.